The number of amides is 1. The second kappa shape index (κ2) is 7.80. The van der Waals surface area contributed by atoms with Gasteiger partial charge in [0.1, 0.15) is 12.0 Å². The van der Waals surface area contributed by atoms with Crippen LogP contribution in [0.15, 0.2) is 47.3 Å². The molecule has 1 aromatic carbocycles. The highest BCUT2D eigenvalue weighted by atomic mass is 16.5. The predicted octanol–water partition coefficient (Wildman–Crippen LogP) is 3.89. The van der Waals surface area contributed by atoms with Gasteiger partial charge in [-0.1, -0.05) is 12.1 Å². The number of piperidine rings is 1. The van der Waals surface area contributed by atoms with Crippen molar-refractivity contribution in [2.24, 2.45) is 0 Å². The molecule has 0 radical (unpaired) electrons. The van der Waals surface area contributed by atoms with Gasteiger partial charge in [0.2, 0.25) is 5.88 Å². The van der Waals surface area contributed by atoms with Crippen molar-refractivity contribution in [2.75, 3.05) is 13.1 Å². The average molecular weight is 378 g/mol. The lowest BCUT2D eigenvalue weighted by molar-refractivity contribution is 0.0699. The molecule has 0 saturated carbocycles. The smallest absolute Gasteiger partial charge is 0.275 e. The van der Waals surface area contributed by atoms with Crippen LogP contribution in [0.25, 0.3) is 0 Å². The summed E-state index contributed by atoms with van der Waals surface area (Å²) in [6.45, 7) is 5.02. The molecule has 3 heterocycles. The largest absolute Gasteiger partial charge is 0.448 e. The summed E-state index contributed by atoms with van der Waals surface area (Å²) in [7, 11) is 0. The van der Waals surface area contributed by atoms with Crippen molar-refractivity contribution >= 4 is 5.91 Å². The molecule has 3 aromatic rings. The Kier molecular flexibility index (Phi) is 5.06. The van der Waals surface area contributed by atoms with Crippen LogP contribution < -0.4 is 4.74 Å². The number of hydrogen-bond donors (Lipinski definition) is 0. The van der Waals surface area contributed by atoms with Gasteiger partial charge in [0.05, 0.1) is 11.9 Å². The van der Waals surface area contributed by atoms with Crippen LogP contribution in [0.4, 0.5) is 0 Å². The lowest BCUT2D eigenvalue weighted by atomic mass is 9.95. The first-order valence-corrected chi connectivity index (χ1v) is 9.36. The van der Waals surface area contributed by atoms with E-state index in [2.05, 4.69) is 15.0 Å². The number of carbonyl (C=O) groups is 1. The molecule has 1 aliphatic heterocycles. The van der Waals surface area contributed by atoms with Gasteiger partial charge in [-0.2, -0.15) is 0 Å². The first-order chi connectivity index (χ1) is 13.6. The standard InChI is InChI=1S/C21H22N4O3/c1-14-5-3-7-17(9-14)28-20-11-22-10-18(24-20)16-6-4-8-25(12-16)21(26)19-13-27-15(2)23-19/h3,5,7,9-11,13,16H,4,6,8,12H2,1-2H3. The third-order valence-corrected chi connectivity index (χ3v) is 4.81. The van der Waals surface area contributed by atoms with Crippen molar-refractivity contribution in [3.8, 4) is 11.6 Å². The number of benzene rings is 1. The number of hydrogen-bond acceptors (Lipinski definition) is 6. The normalized spacial score (nSPS) is 16.8. The number of rotatable bonds is 4. The maximum atomic E-state index is 12.7. The van der Waals surface area contributed by atoms with Gasteiger partial charge in [-0.15, -0.1) is 0 Å². The summed E-state index contributed by atoms with van der Waals surface area (Å²) in [4.78, 5) is 27.6. The van der Waals surface area contributed by atoms with E-state index in [1.54, 1.807) is 24.2 Å². The molecule has 4 rings (SSSR count). The Labute approximate surface area is 163 Å². The minimum Gasteiger partial charge on any atom is -0.448 e. The molecule has 2 aromatic heterocycles. The van der Waals surface area contributed by atoms with Crippen LogP contribution >= 0.6 is 0 Å². The molecule has 0 aliphatic carbocycles. The predicted molar refractivity (Wildman–Crippen MR) is 102 cm³/mol. The molecule has 28 heavy (non-hydrogen) atoms. The summed E-state index contributed by atoms with van der Waals surface area (Å²) in [5, 5.41) is 0. The fourth-order valence-electron chi connectivity index (χ4n) is 3.43. The first-order valence-electron chi connectivity index (χ1n) is 9.36. The summed E-state index contributed by atoms with van der Waals surface area (Å²) >= 11 is 0. The molecule has 1 atom stereocenters. The molecule has 1 fully saturated rings. The van der Waals surface area contributed by atoms with Crippen LogP contribution in [-0.4, -0.2) is 38.8 Å². The molecule has 0 N–H and O–H groups in total. The van der Waals surface area contributed by atoms with Crippen LogP contribution in [0.5, 0.6) is 11.6 Å². The number of nitrogens with zero attached hydrogens (tertiary/aromatic N) is 4. The van der Waals surface area contributed by atoms with Gasteiger partial charge in [0, 0.05) is 32.1 Å². The molecule has 1 aliphatic rings. The second-order valence-electron chi connectivity index (χ2n) is 7.04. The zero-order valence-electron chi connectivity index (χ0n) is 16.0. The highest BCUT2D eigenvalue weighted by Crippen LogP contribution is 2.28. The Morgan fingerprint density at radius 2 is 2.14 bits per heavy atom. The van der Waals surface area contributed by atoms with Crippen molar-refractivity contribution in [2.45, 2.75) is 32.6 Å². The fraction of sp³-hybridized carbons (Fsp3) is 0.333. The van der Waals surface area contributed by atoms with Crippen LogP contribution in [-0.2, 0) is 0 Å². The van der Waals surface area contributed by atoms with Crippen LogP contribution in [0.2, 0.25) is 0 Å². The van der Waals surface area contributed by atoms with Crippen molar-refractivity contribution in [3.63, 3.8) is 0 Å². The maximum absolute atomic E-state index is 12.7. The first kappa shape index (κ1) is 18.2. The second-order valence-corrected chi connectivity index (χ2v) is 7.04. The Morgan fingerprint density at radius 1 is 1.25 bits per heavy atom. The van der Waals surface area contributed by atoms with Gasteiger partial charge in [0.15, 0.2) is 11.6 Å². The van der Waals surface area contributed by atoms with Crippen molar-refractivity contribution in [3.05, 3.63) is 65.8 Å². The summed E-state index contributed by atoms with van der Waals surface area (Å²) in [6, 6.07) is 7.80. The molecule has 144 valence electrons. The lowest BCUT2D eigenvalue weighted by Crippen LogP contribution is -2.39. The molecule has 1 saturated heterocycles. The lowest BCUT2D eigenvalue weighted by Gasteiger charge is -2.31. The Bertz CT molecular complexity index is 985. The monoisotopic (exact) mass is 378 g/mol. The highest BCUT2D eigenvalue weighted by molar-refractivity contribution is 5.92. The van der Waals surface area contributed by atoms with Gasteiger partial charge in [0.25, 0.3) is 5.91 Å². The number of likely N-dealkylation sites (tertiary alicyclic amines) is 1. The molecule has 7 nitrogen and oxygen atoms in total. The molecule has 1 unspecified atom stereocenters. The van der Waals surface area contributed by atoms with E-state index in [1.807, 2.05) is 31.2 Å². The van der Waals surface area contributed by atoms with E-state index in [1.165, 1.54) is 6.26 Å². The number of carbonyl (C=O) groups excluding carboxylic acids is 1. The molecule has 0 spiro atoms. The fourth-order valence-corrected chi connectivity index (χ4v) is 3.43. The van der Waals surface area contributed by atoms with Gasteiger partial charge in [-0.3, -0.25) is 9.78 Å². The van der Waals surface area contributed by atoms with Gasteiger partial charge < -0.3 is 14.1 Å². The molecular formula is C21H22N4O3. The van der Waals surface area contributed by atoms with Crippen molar-refractivity contribution in [1.82, 2.24) is 19.9 Å². The van der Waals surface area contributed by atoms with E-state index in [0.29, 0.717) is 30.6 Å². The third-order valence-electron chi connectivity index (χ3n) is 4.81. The van der Waals surface area contributed by atoms with Gasteiger partial charge in [-0.25, -0.2) is 9.97 Å². The van der Waals surface area contributed by atoms with E-state index in [4.69, 9.17) is 9.15 Å². The number of aromatic nitrogens is 3. The molecule has 1 amide bonds. The van der Waals surface area contributed by atoms with Crippen LogP contribution in [0, 0.1) is 13.8 Å². The summed E-state index contributed by atoms with van der Waals surface area (Å²) < 4.78 is 11.0. The third kappa shape index (κ3) is 4.03. The molecular weight excluding hydrogens is 356 g/mol. The minimum absolute atomic E-state index is 0.110. The van der Waals surface area contributed by atoms with E-state index in [0.717, 1.165) is 29.8 Å². The zero-order valence-corrected chi connectivity index (χ0v) is 16.0. The Hall–Kier alpha value is -3.22. The van der Waals surface area contributed by atoms with E-state index in [9.17, 15) is 4.79 Å². The number of oxazole rings is 1. The van der Waals surface area contributed by atoms with Crippen molar-refractivity contribution in [1.29, 1.82) is 0 Å². The van der Waals surface area contributed by atoms with Gasteiger partial charge >= 0.3 is 0 Å². The van der Waals surface area contributed by atoms with E-state index >= 15 is 0 Å². The average Bonchev–Trinajstić information content (AvgIpc) is 3.14. The van der Waals surface area contributed by atoms with Gasteiger partial charge in [-0.05, 0) is 37.5 Å². The highest BCUT2D eigenvalue weighted by Gasteiger charge is 2.28. The van der Waals surface area contributed by atoms with Crippen molar-refractivity contribution < 1.29 is 13.9 Å². The van der Waals surface area contributed by atoms with Crippen LogP contribution in [0.3, 0.4) is 0 Å². The Balaban J connectivity index is 1.48. The molecule has 7 heteroatoms. The minimum atomic E-state index is -0.110. The van der Waals surface area contributed by atoms with E-state index in [-0.39, 0.29) is 11.8 Å². The number of ether oxygens (including phenoxy) is 1. The van der Waals surface area contributed by atoms with E-state index < -0.39 is 0 Å². The maximum Gasteiger partial charge on any atom is 0.275 e. The zero-order chi connectivity index (χ0) is 19.5. The molecule has 0 bridgehead atoms. The summed E-state index contributed by atoms with van der Waals surface area (Å²) in [5.74, 6) is 1.68. The van der Waals surface area contributed by atoms with Crippen LogP contribution in [0.1, 0.15) is 46.4 Å². The summed E-state index contributed by atoms with van der Waals surface area (Å²) in [6.07, 6.45) is 6.62. The number of aryl methyl sites for hydroxylation is 2. The quantitative estimate of drug-likeness (QED) is 0.685. The SMILES string of the molecule is Cc1cccc(Oc2cncc(C3CCCN(C(=O)c4coc(C)n4)C3)n2)c1. The topological polar surface area (TPSA) is 81.4 Å². The Morgan fingerprint density at radius 3 is 2.93 bits per heavy atom. The summed E-state index contributed by atoms with van der Waals surface area (Å²) in [5.41, 5.74) is 2.30.